The van der Waals surface area contributed by atoms with Crippen molar-refractivity contribution in [2.75, 3.05) is 5.32 Å². The summed E-state index contributed by atoms with van der Waals surface area (Å²) in [6.45, 7) is 9.47. The Kier molecular flexibility index (Phi) is 6.37. The van der Waals surface area contributed by atoms with Crippen molar-refractivity contribution < 1.29 is 14.0 Å². The first-order valence-corrected chi connectivity index (χ1v) is 9.06. The Morgan fingerprint density at radius 1 is 1.04 bits per heavy atom. The standard InChI is InChI=1S/C22H27FN2O2/c1-14(2)18-8-6-7-15(3)19(18)25-21(27)22(4,5)20(26)24-13-16-9-11-17(23)12-10-16/h6-12,14H,13H2,1-5H3,(H,24,26)(H,25,27). The van der Waals surface area contributed by atoms with Crippen LogP contribution in [0.15, 0.2) is 42.5 Å². The van der Waals surface area contributed by atoms with Gasteiger partial charge in [-0.1, -0.05) is 44.2 Å². The lowest BCUT2D eigenvalue weighted by Gasteiger charge is -2.25. The van der Waals surface area contributed by atoms with Crippen molar-refractivity contribution in [2.24, 2.45) is 5.41 Å². The van der Waals surface area contributed by atoms with E-state index in [4.69, 9.17) is 0 Å². The molecule has 0 bridgehead atoms. The number of anilines is 1. The van der Waals surface area contributed by atoms with E-state index in [9.17, 15) is 14.0 Å². The Morgan fingerprint density at radius 3 is 2.26 bits per heavy atom. The Labute approximate surface area is 160 Å². The highest BCUT2D eigenvalue weighted by Gasteiger charge is 2.36. The largest absolute Gasteiger partial charge is 0.351 e. The molecule has 2 aromatic rings. The summed E-state index contributed by atoms with van der Waals surface area (Å²) in [5.41, 5.74) is 2.26. The smallest absolute Gasteiger partial charge is 0.239 e. The van der Waals surface area contributed by atoms with Crippen LogP contribution in [0.5, 0.6) is 0 Å². The van der Waals surface area contributed by atoms with E-state index < -0.39 is 5.41 Å². The summed E-state index contributed by atoms with van der Waals surface area (Å²) < 4.78 is 13.0. The van der Waals surface area contributed by atoms with Gasteiger partial charge in [0.15, 0.2) is 0 Å². The average Bonchev–Trinajstić information content (AvgIpc) is 2.62. The van der Waals surface area contributed by atoms with E-state index in [0.717, 1.165) is 22.4 Å². The van der Waals surface area contributed by atoms with Gasteiger partial charge in [-0.15, -0.1) is 0 Å². The van der Waals surface area contributed by atoms with E-state index in [2.05, 4.69) is 24.5 Å². The van der Waals surface area contributed by atoms with Crippen LogP contribution in [0, 0.1) is 18.2 Å². The molecule has 2 amide bonds. The molecule has 0 atom stereocenters. The molecule has 0 fully saturated rings. The van der Waals surface area contributed by atoms with Gasteiger partial charge in [-0.2, -0.15) is 0 Å². The molecule has 5 heteroatoms. The molecule has 4 nitrogen and oxygen atoms in total. The number of aryl methyl sites for hydroxylation is 1. The van der Waals surface area contributed by atoms with Gasteiger partial charge in [0.2, 0.25) is 11.8 Å². The molecule has 0 heterocycles. The van der Waals surface area contributed by atoms with E-state index in [1.54, 1.807) is 26.0 Å². The van der Waals surface area contributed by atoms with Gasteiger partial charge in [-0.3, -0.25) is 9.59 Å². The zero-order valence-corrected chi connectivity index (χ0v) is 16.5. The second-order valence-corrected chi connectivity index (χ2v) is 7.58. The predicted molar refractivity (Wildman–Crippen MR) is 106 cm³/mol. The van der Waals surface area contributed by atoms with Crippen LogP contribution >= 0.6 is 0 Å². The zero-order chi connectivity index (χ0) is 20.2. The van der Waals surface area contributed by atoms with Crippen LogP contribution in [0.3, 0.4) is 0 Å². The highest BCUT2D eigenvalue weighted by Crippen LogP contribution is 2.29. The Bertz CT molecular complexity index is 827. The molecule has 0 aromatic heterocycles. The van der Waals surface area contributed by atoms with Gasteiger partial charge >= 0.3 is 0 Å². The first-order chi connectivity index (χ1) is 12.6. The first kappa shape index (κ1) is 20.6. The van der Waals surface area contributed by atoms with Gasteiger partial charge < -0.3 is 10.6 Å². The molecule has 144 valence electrons. The van der Waals surface area contributed by atoms with Crippen LogP contribution in [-0.2, 0) is 16.1 Å². The lowest BCUT2D eigenvalue weighted by Crippen LogP contribution is -2.45. The normalized spacial score (nSPS) is 11.4. The van der Waals surface area contributed by atoms with Crippen molar-refractivity contribution in [1.82, 2.24) is 5.32 Å². The Morgan fingerprint density at radius 2 is 1.67 bits per heavy atom. The van der Waals surface area contributed by atoms with E-state index in [1.165, 1.54) is 12.1 Å². The summed E-state index contributed by atoms with van der Waals surface area (Å²) in [6, 6.07) is 11.8. The number of carbonyl (C=O) groups is 2. The molecular formula is C22H27FN2O2. The molecule has 0 aliphatic heterocycles. The van der Waals surface area contributed by atoms with Crippen LogP contribution in [0.2, 0.25) is 0 Å². The van der Waals surface area contributed by atoms with Gasteiger partial charge in [0.25, 0.3) is 0 Å². The molecule has 0 spiro atoms. The minimum absolute atomic E-state index is 0.234. The van der Waals surface area contributed by atoms with Gasteiger partial charge in [-0.25, -0.2) is 4.39 Å². The number of amides is 2. The third-order valence-corrected chi connectivity index (χ3v) is 4.67. The maximum Gasteiger partial charge on any atom is 0.239 e. The van der Waals surface area contributed by atoms with Crippen molar-refractivity contribution in [3.05, 3.63) is 65.0 Å². The summed E-state index contributed by atoms with van der Waals surface area (Å²) >= 11 is 0. The predicted octanol–water partition coefficient (Wildman–Crippen LogP) is 4.54. The van der Waals surface area contributed by atoms with Crippen molar-refractivity contribution in [2.45, 2.75) is 47.1 Å². The summed E-state index contributed by atoms with van der Waals surface area (Å²) in [7, 11) is 0. The van der Waals surface area contributed by atoms with Crippen molar-refractivity contribution in [3.63, 3.8) is 0 Å². The van der Waals surface area contributed by atoms with Gasteiger partial charge in [0.05, 0.1) is 0 Å². The molecule has 27 heavy (non-hydrogen) atoms. The number of benzene rings is 2. The monoisotopic (exact) mass is 370 g/mol. The topological polar surface area (TPSA) is 58.2 Å². The Balaban J connectivity index is 2.10. The minimum Gasteiger partial charge on any atom is -0.351 e. The van der Waals surface area contributed by atoms with Crippen LogP contribution in [-0.4, -0.2) is 11.8 Å². The summed E-state index contributed by atoms with van der Waals surface area (Å²) in [5, 5.41) is 5.69. The van der Waals surface area contributed by atoms with Gasteiger partial charge in [0.1, 0.15) is 11.2 Å². The van der Waals surface area contributed by atoms with Crippen molar-refractivity contribution in [1.29, 1.82) is 0 Å². The molecule has 0 unspecified atom stereocenters. The fraction of sp³-hybridized carbons (Fsp3) is 0.364. The van der Waals surface area contributed by atoms with Crippen molar-refractivity contribution in [3.8, 4) is 0 Å². The molecule has 0 saturated carbocycles. The highest BCUT2D eigenvalue weighted by molar-refractivity contribution is 6.10. The lowest BCUT2D eigenvalue weighted by atomic mass is 9.90. The van der Waals surface area contributed by atoms with Gasteiger partial charge in [-0.05, 0) is 55.5 Å². The second kappa shape index (κ2) is 8.33. The fourth-order valence-corrected chi connectivity index (χ4v) is 2.72. The highest BCUT2D eigenvalue weighted by atomic mass is 19.1. The van der Waals surface area contributed by atoms with E-state index in [1.807, 2.05) is 25.1 Å². The van der Waals surface area contributed by atoms with Gasteiger partial charge in [0, 0.05) is 12.2 Å². The molecule has 0 saturated heterocycles. The number of para-hydroxylation sites is 1. The minimum atomic E-state index is -1.25. The number of halogens is 1. The van der Waals surface area contributed by atoms with Crippen LogP contribution in [0.25, 0.3) is 0 Å². The summed E-state index contributed by atoms with van der Waals surface area (Å²) in [4.78, 5) is 25.4. The fourth-order valence-electron chi connectivity index (χ4n) is 2.72. The zero-order valence-electron chi connectivity index (χ0n) is 16.5. The quantitative estimate of drug-likeness (QED) is 0.734. The molecule has 0 radical (unpaired) electrons. The molecule has 2 N–H and O–H groups in total. The molecule has 2 aromatic carbocycles. The second-order valence-electron chi connectivity index (χ2n) is 7.58. The molecule has 2 rings (SSSR count). The van der Waals surface area contributed by atoms with Crippen LogP contribution < -0.4 is 10.6 Å². The number of nitrogens with one attached hydrogen (secondary N) is 2. The lowest BCUT2D eigenvalue weighted by molar-refractivity contribution is -0.138. The SMILES string of the molecule is Cc1cccc(C(C)C)c1NC(=O)C(C)(C)C(=O)NCc1ccc(F)cc1. The number of hydrogen-bond acceptors (Lipinski definition) is 2. The number of carbonyl (C=O) groups excluding carboxylic acids is 2. The number of hydrogen-bond donors (Lipinski definition) is 2. The maximum absolute atomic E-state index is 13.0. The first-order valence-electron chi connectivity index (χ1n) is 9.06. The van der Waals surface area contributed by atoms with E-state index in [0.29, 0.717) is 0 Å². The van der Waals surface area contributed by atoms with E-state index >= 15 is 0 Å². The third kappa shape index (κ3) is 4.94. The van der Waals surface area contributed by atoms with Crippen LogP contribution in [0.1, 0.15) is 50.3 Å². The van der Waals surface area contributed by atoms with E-state index in [-0.39, 0.29) is 30.1 Å². The number of rotatable bonds is 6. The average molecular weight is 370 g/mol. The molecule has 0 aliphatic carbocycles. The molecule has 0 aliphatic rings. The summed E-state index contributed by atoms with van der Waals surface area (Å²) in [5.74, 6) is -0.834. The Hall–Kier alpha value is -2.69. The van der Waals surface area contributed by atoms with Crippen LogP contribution in [0.4, 0.5) is 10.1 Å². The molecular weight excluding hydrogens is 343 g/mol. The summed E-state index contributed by atoms with van der Waals surface area (Å²) in [6.07, 6.45) is 0. The third-order valence-electron chi connectivity index (χ3n) is 4.67. The maximum atomic E-state index is 13.0. The van der Waals surface area contributed by atoms with Crippen molar-refractivity contribution >= 4 is 17.5 Å².